The van der Waals surface area contributed by atoms with Crippen LogP contribution in [0.4, 0.5) is 11.4 Å². The predicted molar refractivity (Wildman–Crippen MR) is 144 cm³/mol. The molecule has 1 fully saturated rings. The number of hydrogen-bond donors (Lipinski definition) is 1. The number of para-hydroxylation sites is 2. The van der Waals surface area contributed by atoms with E-state index in [1.807, 2.05) is 49.4 Å². The average Bonchev–Trinajstić information content (AvgIpc) is 3.45. The monoisotopic (exact) mass is 537 g/mol. The molecule has 3 aromatic carbocycles. The Morgan fingerprint density at radius 2 is 1.97 bits per heavy atom. The summed E-state index contributed by atoms with van der Waals surface area (Å²) in [7, 11) is 0. The van der Waals surface area contributed by atoms with Gasteiger partial charge in [-0.05, 0) is 55.0 Å². The highest BCUT2D eigenvalue weighted by Crippen LogP contribution is 2.37. The van der Waals surface area contributed by atoms with Gasteiger partial charge in [-0.25, -0.2) is 4.99 Å². The number of amides is 2. The molecule has 0 aliphatic carbocycles. The first-order chi connectivity index (χ1) is 18.0. The third kappa shape index (κ3) is 5.84. The van der Waals surface area contributed by atoms with Crippen LogP contribution in [0.1, 0.15) is 18.9 Å². The summed E-state index contributed by atoms with van der Waals surface area (Å²) in [6.45, 7) is 2.83. The van der Waals surface area contributed by atoms with E-state index >= 15 is 0 Å². The molecule has 1 N–H and O–H groups in total. The largest absolute Gasteiger partial charge is 0.492 e. The number of nitrogens with zero attached hydrogens (tertiary/aromatic N) is 2. The Kier molecular flexibility index (Phi) is 7.52. The number of aliphatic imine (C=N–C) groups is 1. The molecule has 5 rings (SSSR count). The number of amidine groups is 1. The minimum absolute atomic E-state index is 0.0141. The Labute approximate surface area is 223 Å². The smallest absolute Gasteiger partial charge is 0.242 e. The van der Waals surface area contributed by atoms with Crippen molar-refractivity contribution in [3.63, 3.8) is 0 Å². The van der Waals surface area contributed by atoms with Crippen LogP contribution < -0.4 is 19.5 Å². The molecule has 3 aromatic rings. The summed E-state index contributed by atoms with van der Waals surface area (Å²) in [4.78, 5) is 32.7. The van der Waals surface area contributed by atoms with Gasteiger partial charge in [-0.15, -0.1) is 0 Å². The Bertz CT molecular complexity index is 1370. The van der Waals surface area contributed by atoms with E-state index < -0.39 is 5.25 Å². The number of thioether (sulfide) groups is 1. The second-order valence-corrected chi connectivity index (χ2v) is 9.88. The Morgan fingerprint density at radius 1 is 1.14 bits per heavy atom. The fourth-order valence-electron chi connectivity index (χ4n) is 3.97. The Hall–Kier alpha value is -3.69. The maximum atomic E-state index is 13.5. The van der Waals surface area contributed by atoms with E-state index in [2.05, 4.69) is 5.32 Å². The summed E-state index contributed by atoms with van der Waals surface area (Å²) in [6.07, 6.45) is -0.0141. The van der Waals surface area contributed by atoms with Gasteiger partial charge in [-0.3, -0.25) is 14.5 Å². The van der Waals surface area contributed by atoms with Gasteiger partial charge in [-0.1, -0.05) is 47.6 Å². The summed E-state index contributed by atoms with van der Waals surface area (Å²) < 4.78 is 16.6. The lowest BCUT2D eigenvalue weighted by Crippen LogP contribution is -2.33. The molecule has 37 heavy (non-hydrogen) atoms. The number of fused-ring (bicyclic) bond motifs is 1. The number of benzene rings is 3. The van der Waals surface area contributed by atoms with Gasteiger partial charge in [0.2, 0.25) is 18.6 Å². The van der Waals surface area contributed by atoms with Crippen LogP contribution in [-0.4, -0.2) is 40.5 Å². The van der Waals surface area contributed by atoms with Gasteiger partial charge in [0.1, 0.15) is 16.7 Å². The van der Waals surface area contributed by atoms with Gasteiger partial charge in [0.15, 0.2) is 16.7 Å². The lowest BCUT2D eigenvalue weighted by molar-refractivity contribution is -0.128. The molecule has 1 saturated heterocycles. The molecule has 0 aromatic heterocycles. The Balaban J connectivity index is 1.40. The number of rotatable bonds is 8. The fraction of sp³-hybridized carbons (Fsp3) is 0.222. The highest BCUT2D eigenvalue weighted by atomic mass is 35.5. The lowest BCUT2D eigenvalue weighted by atomic mass is 10.1. The molecule has 1 atom stereocenters. The number of carbonyl (C=O) groups is 2. The van der Waals surface area contributed by atoms with Crippen molar-refractivity contribution in [2.45, 2.75) is 25.1 Å². The van der Waals surface area contributed by atoms with Crippen molar-refractivity contribution >= 4 is 51.7 Å². The van der Waals surface area contributed by atoms with E-state index in [9.17, 15) is 9.59 Å². The molecule has 8 nitrogen and oxygen atoms in total. The molecule has 0 spiro atoms. The molecule has 0 radical (unpaired) electrons. The summed E-state index contributed by atoms with van der Waals surface area (Å²) in [5.41, 5.74) is 2.04. The molecule has 2 amide bonds. The third-order valence-electron chi connectivity index (χ3n) is 5.66. The summed E-state index contributed by atoms with van der Waals surface area (Å²) in [6, 6.07) is 19.8. The maximum absolute atomic E-state index is 13.5. The maximum Gasteiger partial charge on any atom is 0.242 e. The van der Waals surface area contributed by atoms with Gasteiger partial charge in [0.25, 0.3) is 0 Å². The van der Waals surface area contributed by atoms with Crippen LogP contribution in [0.15, 0.2) is 71.7 Å². The lowest BCUT2D eigenvalue weighted by Gasteiger charge is -2.17. The molecule has 2 heterocycles. The van der Waals surface area contributed by atoms with Gasteiger partial charge in [0, 0.05) is 17.1 Å². The number of halogens is 1. The first-order valence-corrected chi connectivity index (χ1v) is 13.0. The van der Waals surface area contributed by atoms with Crippen LogP contribution in [0.25, 0.3) is 0 Å². The normalized spacial score (nSPS) is 17.4. The van der Waals surface area contributed by atoms with Crippen molar-refractivity contribution in [1.82, 2.24) is 4.90 Å². The third-order valence-corrected chi connectivity index (χ3v) is 7.07. The summed E-state index contributed by atoms with van der Waals surface area (Å²) >= 11 is 7.29. The summed E-state index contributed by atoms with van der Waals surface area (Å²) in [5, 5.41) is 3.19. The zero-order valence-corrected chi connectivity index (χ0v) is 21.6. The van der Waals surface area contributed by atoms with Crippen molar-refractivity contribution < 1.29 is 23.8 Å². The second-order valence-electron chi connectivity index (χ2n) is 8.28. The molecule has 10 heteroatoms. The number of nitrogens with one attached hydrogen (secondary N) is 1. The SMILES string of the molecule is CCOc1ccccc1N=C1S[C@H](CC(=O)Nc2cccc(Cl)c2)C(=O)N1Cc1ccc2c(c1)OCO2. The number of hydrogen-bond acceptors (Lipinski definition) is 7. The minimum Gasteiger partial charge on any atom is -0.492 e. The summed E-state index contributed by atoms with van der Waals surface area (Å²) in [5.74, 6) is 1.44. The van der Waals surface area contributed by atoms with Crippen molar-refractivity contribution in [3.8, 4) is 17.2 Å². The number of ether oxygens (including phenoxy) is 3. The van der Waals surface area contributed by atoms with E-state index in [1.54, 1.807) is 29.2 Å². The fourth-order valence-corrected chi connectivity index (χ4v) is 5.31. The molecular weight excluding hydrogens is 514 g/mol. The van der Waals surface area contributed by atoms with E-state index in [0.29, 0.717) is 45.4 Å². The molecular formula is C27H24ClN3O5S. The average molecular weight is 538 g/mol. The van der Waals surface area contributed by atoms with E-state index in [-0.39, 0.29) is 31.6 Å². The quantitative estimate of drug-likeness (QED) is 0.401. The first kappa shape index (κ1) is 25.0. The van der Waals surface area contributed by atoms with E-state index in [1.165, 1.54) is 11.8 Å². The molecule has 190 valence electrons. The minimum atomic E-state index is -0.633. The number of carbonyl (C=O) groups excluding carboxylic acids is 2. The predicted octanol–water partition coefficient (Wildman–Crippen LogP) is 5.63. The highest BCUT2D eigenvalue weighted by Gasteiger charge is 2.39. The first-order valence-electron chi connectivity index (χ1n) is 11.7. The number of anilines is 1. The van der Waals surface area contributed by atoms with E-state index in [0.717, 1.165) is 5.56 Å². The van der Waals surface area contributed by atoms with Gasteiger partial charge >= 0.3 is 0 Å². The molecule has 2 aliphatic rings. The van der Waals surface area contributed by atoms with Crippen molar-refractivity contribution in [3.05, 3.63) is 77.3 Å². The highest BCUT2D eigenvalue weighted by molar-refractivity contribution is 8.15. The van der Waals surface area contributed by atoms with Crippen molar-refractivity contribution in [2.24, 2.45) is 4.99 Å². The van der Waals surface area contributed by atoms with Gasteiger partial charge < -0.3 is 19.5 Å². The molecule has 0 bridgehead atoms. The van der Waals surface area contributed by atoms with Crippen LogP contribution in [-0.2, 0) is 16.1 Å². The molecule has 0 saturated carbocycles. The zero-order chi connectivity index (χ0) is 25.8. The van der Waals surface area contributed by atoms with Gasteiger partial charge in [0.05, 0.1) is 13.2 Å². The standard InChI is InChI=1S/C27H24ClN3O5S/c1-2-34-21-9-4-3-8-20(21)30-27-31(15-17-10-11-22-23(12-17)36-16-35-22)26(33)24(37-27)14-25(32)29-19-7-5-6-18(28)13-19/h3-13,24H,2,14-16H2,1H3,(H,29,32)/t24-/m1/s1. The zero-order valence-electron chi connectivity index (χ0n) is 20.0. The second kappa shape index (κ2) is 11.1. The van der Waals surface area contributed by atoms with Crippen LogP contribution in [0.3, 0.4) is 0 Å². The van der Waals surface area contributed by atoms with Crippen LogP contribution in [0.5, 0.6) is 17.2 Å². The van der Waals surface area contributed by atoms with Crippen LogP contribution in [0.2, 0.25) is 5.02 Å². The van der Waals surface area contributed by atoms with Crippen molar-refractivity contribution in [2.75, 3.05) is 18.7 Å². The molecule has 0 unspecified atom stereocenters. The Morgan fingerprint density at radius 3 is 2.81 bits per heavy atom. The topological polar surface area (TPSA) is 89.5 Å². The van der Waals surface area contributed by atoms with Crippen LogP contribution in [0, 0.1) is 0 Å². The molecule has 2 aliphatic heterocycles. The van der Waals surface area contributed by atoms with E-state index in [4.69, 9.17) is 30.8 Å². The van der Waals surface area contributed by atoms with Crippen molar-refractivity contribution in [1.29, 1.82) is 0 Å². The van der Waals surface area contributed by atoms with Gasteiger partial charge in [-0.2, -0.15) is 0 Å². The van der Waals surface area contributed by atoms with Crippen LogP contribution >= 0.6 is 23.4 Å².